The molecule has 2 atom stereocenters. The van der Waals surface area contributed by atoms with Gasteiger partial charge in [-0.3, -0.25) is 9.20 Å². The number of pyridine rings is 1. The van der Waals surface area contributed by atoms with Gasteiger partial charge in [-0.1, -0.05) is 42.5 Å². The molecule has 144 valence electrons. The minimum absolute atomic E-state index is 0.0288. The predicted octanol–water partition coefficient (Wildman–Crippen LogP) is 5.19. The van der Waals surface area contributed by atoms with Crippen LogP contribution in [0.4, 0.5) is 10.2 Å². The highest BCUT2D eigenvalue weighted by Crippen LogP contribution is 2.48. The Morgan fingerprint density at radius 1 is 1.10 bits per heavy atom. The van der Waals surface area contributed by atoms with Crippen molar-refractivity contribution in [2.75, 3.05) is 5.32 Å². The smallest absolute Gasteiger partial charge is 0.229 e. The molecule has 5 heteroatoms. The summed E-state index contributed by atoms with van der Waals surface area (Å²) >= 11 is 0. The Morgan fingerprint density at radius 3 is 2.72 bits per heavy atom. The molecule has 29 heavy (non-hydrogen) atoms. The second kappa shape index (κ2) is 6.85. The lowest BCUT2D eigenvalue weighted by Gasteiger charge is -2.08. The van der Waals surface area contributed by atoms with Crippen LogP contribution in [0.25, 0.3) is 16.9 Å². The highest BCUT2D eigenvalue weighted by Gasteiger charge is 2.44. The number of carbonyl (C=O) groups excluding carboxylic acids is 1. The molecule has 1 saturated carbocycles. The summed E-state index contributed by atoms with van der Waals surface area (Å²) in [6, 6.07) is 20.3. The fourth-order valence-corrected chi connectivity index (χ4v) is 3.87. The van der Waals surface area contributed by atoms with Crippen LogP contribution in [0.1, 0.15) is 23.5 Å². The zero-order valence-corrected chi connectivity index (χ0v) is 16.0. The molecular formula is C24H20FN3O. The van der Waals surface area contributed by atoms with Crippen molar-refractivity contribution in [1.82, 2.24) is 9.38 Å². The van der Waals surface area contributed by atoms with E-state index in [-0.39, 0.29) is 23.6 Å². The molecule has 4 nitrogen and oxygen atoms in total. The van der Waals surface area contributed by atoms with E-state index >= 15 is 0 Å². The van der Waals surface area contributed by atoms with E-state index < -0.39 is 0 Å². The zero-order valence-electron chi connectivity index (χ0n) is 16.0. The number of aryl methyl sites for hydroxylation is 1. The molecule has 1 N–H and O–H groups in total. The topological polar surface area (TPSA) is 46.4 Å². The highest BCUT2D eigenvalue weighted by atomic mass is 19.1. The average Bonchev–Trinajstić information content (AvgIpc) is 3.46. The number of aromatic nitrogens is 2. The highest BCUT2D eigenvalue weighted by molar-refractivity contribution is 5.98. The van der Waals surface area contributed by atoms with Gasteiger partial charge < -0.3 is 5.32 Å². The van der Waals surface area contributed by atoms with E-state index in [0.29, 0.717) is 17.1 Å². The number of imidazole rings is 1. The number of nitrogens with zero attached hydrogens (tertiary/aromatic N) is 2. The van der Waals surface area contributed by atoms with Crippen LogP contribution in [0.15, 0.2) is 72.9 Å². The number of anilines is 1. The van der Waals surface area contributed by atoms with Gasteiger partial charge in [-0.15, -0.1) is 0 Å². The fourth-order valence-electron chi connectivity index (χ4n) is 3.87. The predicted molar refractivity (Wildman–Crippen MR) is 111 cm³/mol. The molecule has 0 spiro atoms. The summed E-state index contributed by atoms with van der Waals surface area (Å²) in [5, 5.41) is 3.07. The van der Waals surface area contributed by atoms with Crippen LogP contribution in [-0.4, -0.2) is 15.3 Å². The van der Waals surface area contributed by atoms with Gasteiger partial charge in [0, 0.05) is 17.7 Å². The van der Waals surface area contributed by atoms with Crippen LogP contribution in [0.2, 0.25) is 0 Å². The van der Waals surface area contributed by atoms with Crippen molar-refractivity contribution in [2.24, 2.45) is 5.92 Å². The van der Waals surface area contributed by atoms with Crippen LogP contribution >= 0.6 is 0 Å². The molecule has 0 unspecified atom stereocenters. The summed E-state index contributed by atoms with van der Waals surface area (Å²) in [6.45, 7) is 1.99. The van der Waals surface area contributed by atoms with Gasteiger partial charge in [-0.25, -0.2) is 9.37 Å². The molecule has 0 aliphatic heterocycles. The molecule has 5 rings (SSSR count). The second-order valence-corrected chi connectivity index (χ2v) is 7.60. The quantitative estimate of drug-likeness (QED) is 0.525. The van der Waals surface area contributed by atoms with Crippen molar-refractivity contribution in [3.63, 3.8) is 0 Å². The largest absolute Gasteiger partial charge is 0.310 e. The van der Waals surface area contributed by atoms with Gasteiger partial charge in [0.15, 0.2) is 0 Å². The Bertz CT molecular complexity index is 1220. The van der Waals surface area contributed by atoms with Gasteiger partial charge >= 0.3 is 0 Å². The summed E-state index contributed by atoms with van der Waals surface area (Å²) < 4.78 is 15.7. The third-order valence-corrected chi connectivity index (χ3v) is 5.48. The maximum Gasteiger partial charge on any atom is 0.229 e. The van der Waals surface area contributed by atoms with Crippen LogP contribution in [0.3, 0.4) is 0 Å². The van der Waals surface area contributed by atoms with Gasteiger partial charge in [0.2, 0.25) is 5.91 Å². The second-order valence-electron chi connectivity index (χ2n) is 7.60. The average molecular weight is 385 g/mol. The number of hydrogen-bond acceptors (Lipinski definition) is 2. The van der Waals surface area contributed by atoms with Gasteiger partial charge in [-0.05, 0) is 54.7 Å². The third kappa shape index (κ3) is 3.29. The lowest BCUT2D eigenvalue weighted by atomic mass is 10.1. The standard InChI is InChI=1S/C24H20FN3O/c1-15-10-11-28-21(12-15)26-22(17-8-5-9-18(25)13-17)23(28)27-24(29)20-14-19(20)16-6-3-2-4-7-16/h2-13,19-20H,14H2,1H3,(H,27,29)/t19-,20-/m0/s1. The summed E-state index contributed by atoms with van der Waals surface area (Å²) in [7, 11) is 0. The van der Waals surface area contributed by atoms with Crippen molar-refractivity contribution in [2.45, 2.75) is 19.3 Å². The molecular weight excluding hydrogens is 365 g/mol. The number of hydrogen-bond donors (Lipinski definition) is 1. The van der Waals surface area contributed by atoms with Crippen molar-refractivity contribution in [1.29, 1.82) is 0 Å². The molecule has 1 aliphatic carbocycles. The summed E-state index contributed by atoms with van der Waals surface area (Å²) in [4.78, 5) is 17.7. The molecule has 4 aromatic rings. The number of carbonyl (C=O) groups is 1. The summed E-state index contributed by atoms with van der Waals surface area (Å²) in [5.74, 6) is 0.400. The molecule has 2 aromatic heterocycles. The van der Waals surface area contributed by atoms with Crippen molar-refractivity contribution >= 4 is 17.4 Å². The van der Waals surface area contributed by atoms with Gasteiger partial charge in [-0.2, -0.15) is 0 Å². The zero-order chi connectivity index (χ0) is 20.0. The van der Waals surface area contributed by atoms with E-state index in [4.69, 9.17) is 0 Å². The number of benzene rings is 2. The third-order valence-electron chi connectivity index (χ3n) is 5.48. The van der Waals surface area contributed by atoms with E-state index in [2.05, 4.69) is 22.4 Å². The minimum atomic E-state index is -0.334. The maximum atomic E-state index is 13.8. The van der Waals surface area contributed by atoms with E-state index in [1.807, 2.05) is 47.9 Å². The first-order valence-corrected chi connectivity index (χ1v) is 9.70. The maximum absolute atomic E-state index is 13.8. The monoisotopic (exact) mass is 385 g/mol. The number of rotatable bonds is 4. The normalized spacial score (nSPS) is 18.0. The summed E-state index contributed by atoms with van der Waals surface area (Å²) in [6.07, 6.45) is 2.72. The Labute approximate surface area is 168 Å². The first-order valence-electron chi connectivity index (χ1n) is 9.70. The Kier molecular flexibility index (Phi) is 4.16. The van der Waals surface area contributed by atoms with Crippen molar-refractivity contribution < 1.29 is 9.18 Å². The van der Waals surface area contributed by atoms with E-state index in [1.165, 1.54) is 17.7 Å². The number of fused-ring (bicyclic) bond motifs is 1. The van der Waals surface area contributed by atoms with E-state index in [0.717, 1.165) is 17.6 Å². The Balaban J connectivity index is 1.50. The van der Waals surface area contributed by atoms with Crippen LogP contribution in [0, 0.1) is 18.7 Å². The van der Waals surface area contributed by atoms with Gasteiger partial charge in [0.25, 0.3) is 0 Å². The van der Waals surface area contributed by atoms with Crippen molar-refractivity contribution in [3.8, 4) is 11.3 Å². The molecule has 2 heterocycles. The molecule has 1 fully saturated rings. The lowest BCUT2D eigenvalue weighted by molar-refractivity contribution is -0.117. The molecule has 2 aromatic carbocycles. The lowest BCUT2D eigenvalue weighted by Crippen LogP contribution is -2.16. The van der Waals surface area contributed by atoms with Crippen LogP contribution in [0.5, 0.6) is 0 Å². The molecule has 1 amide bonds. The van der Waals surface area contributed by atoms with Crippen molar-refractivity contribution in [3.05, 3.63) is 89.9 Å². The number of nitrogens with one attached hydrogen (secondary N) is 1. The first-order chi connectivity index (χ1) is 14.1. The molecule has 0 saturated heterocycles. The fraction of sp³-hybridized carbons (Fsp3) is 0.167. The van der Waals surface area contributed by atoms with Crippen LogP contribution < -0.4 is 5.32 Å². The van der Waals surface area contributed by atoms with Crippen LogP contribution in [-0.2, 0) is 4.79 Å². The number of amides is 1. The number of halogens is 1. The Hall–Kier alpha value is -3.47. The first kappa shape index (κ1) is 17.6. The minimum Gasteiger partial charge on any atom is -0.310 e. The molecule has 0 bridgehead atoms. The Morgan fingerprint density at radius 2 is 1.93 bits per heavy atom. The van der Waals surface area contributed by atoms with Gasteiger partial charge in [0.05, 0.1) is 0 Å². The SMILES string of the molecule is Cc1ccn2c(NC(=O)[C@H]3C[C@H]3c3ccccc3)c(-c3cccc(F)c3)nc2c1. The van der Waals surface area contributed by atoms with E-state index in [9.17, 15) is 9.18 Å². The van der Waals surface area contributed by atoms with E-state index in [1.54, 1.807) is 12.1 Å². The molecule has 1 aliphatic rings. The summed E-state index contributed by atoms with van der Waals surface area (Å²) in [5.41, 5.74) is 4.18. The molecule has 0 radical (unpaired) electrons. The van der Waals surface area contributed by atoms with Gasteiger partial charge in [0.1, 0.15) is 23.0 Å².